The van der Waals surface area contributed by atoms with Crippen molar-refractivity contribution in [2.24, 2.45) is 18.6 Å². The summed E-state index contributed by atoms with van der Waals surface area (Å²) in [5.74, 6) is 6.25. The number of anilines is 3. The fourth-order valence-corrected chi connectivity index (χ4v) is 4.10. The molecule has 0 aliphatic carbocycles. The standard InChI is InChI=1S/C28H30F3N7O2/c1-17-7-8-19(10-26(17)38(33)16-25(32)24-14-34-37(4)18(24)2)27(39)35-21-11-20(28(29,30)31)12-22(13-21)36(3)15-23-6-5-9-40-23/h5-14,16H,15,32-33H2,1-4H3,(H,35,39)/b25-16-. The first-order valence-corrected chi connectivity index (χ1v) is 12.2. The molecule has 210 valence electrons. The number of halogens is 3. The number of aromatic nitrogens is 2. The summed E-state index contributed by atoms with van der Waals surface area (Å²) in [6.45, 7) is 3.92. The van der Waals surface area contributed by atoms with Crippen molar-refractivity contribution in [2.75, 3.05) is 22.3 Å². The minimum absolute atomic E-state index is 0.0101. The molecule has 0 radical (unpaired) electrons. The number of nitrogens with zero attached hydrogens (tertiary/aromatic N) is 4. The highest BCUT2D eigenvalue weighted by Crippen LogP contribution is 2.35. The summed E-state index contributed by atoms with van der Waals surface area (Å²) in [6.07, 6.45) is 0.0172. The van der Waals surface area contributed by atoms with Crippen molar-refractivity contribution in [3.05, 3.63) is 101 Å². The van der Waals surface area contributed by atoms with Gasteiger partial charge in [0.25, 0.3) is 5.91 Å². The molecule has 0 bridgehead atoms. The minimum Gasteiger partial charge on any atom is -0.467 e. The maximum atomic E-state index is 13.7. The van der Waals surface area contributed by atoms with Gasteiger partial charge in [-0.25, -0.2) is 5.84 Å². The first-order valence-electron chi connectivity index (χ1n) is 12.2. The quantitative estimate of drug-likeness (QED) is 0.203. The van der Waals surface area contributed by atoms with Crippen LogP contribution in [-0.2, 0) is 19.8 Å². The van der Waals surface area contributed by atoms with Gasteiger partial charge >= 0.3 is 6.18 Å². The normalized spacial score (nSPS) is 11.9. The summed E-state index contributed by atoms with van der Waals surface area (Å²) in [5.41, 5.74) is 8.96. The van der Waals surface area contributed by atoms with Gasteiger partial charge < -0.3 is 20.4 Å². The number of hydrogen-bond donors (Lipinski definition) is 3. The lowest BCUT2D eigenvalue weighted by Gasteiger charge is -2.21. The molecule has 40 heavy (non-hydrogen) atoms. The number of carbonyl (C=O) groups is 1. The molecule has 12 heteroatoms. The molecule has 0 spiro atoms. The van der Waals surface area contributed by atoms with E-state index in [9.17, 15) is 18.0 Å². The number of furan rings is 1. The van der Waals surface area contributed by atoms with Crippen molar-refractivity contribution in [3.63, 3.8) is 0 Å². The maximum Gasteiger partial charge on any atom is 0.416 e. The summed E-state index contributed by atoms with van der Waals surface area (Å²) in [4.78, 5) is 14.8. The van der Waals surface area contributed by atoms with Crippen molar-refractivity contribution < 1.29 is 22.4 Å². The Hall–Kier alpha value is -4.71. The molecule has 1 amide bonds. The van der Waals surface area contributed by atoms with Gasteiger partial charge in [-0.2, -0.15) is 18.3 Å². The number of nitrogens with two attached hydrogens (primary N) is 2. The first kappa shape index (κ1) is 28.3. The average molecular weight is 554 g/mol. The lowest BCUT2D eigenvalue weighted by molar-refractivity contribution is -0.137. The lowest BCUT2D eigenvalue weighted by atomic mass is 10.1. The number of amides is 1. The Morgan fingerprint density at radius 1 is 1.18 bits per heavy atom. The van der Waals surface area contributed by atoms with E-state index in [0.717, 1.165) is 23.4 Å². The zero-order valence-electron chi connectivity index (χ0n) is 22.5. The third-order valence-electron chi connectivity index (χ3n) is 6.49. The van der Waals surface area contributed by atoms with Gasteiger partial charge in [-0.05, 0) is 61.9 Å². The lowest BCUT2D eigenvalue weighted by Crippen LogP contribution is -2.27. The largest absolute Gasteiger partial charge is 0.467 e. The molecule has 0 unspecified atom stereocenters. The highest BCUT2D eigenvalue weighted by atomic mass is 19.4. The summed E-state index contributed by atoms with van der Waals surface area (Å²) in [6, 6.07) is 11.6. The summed E-state index contributed by atoms with van der Waals surface area (Å²) in [7, 11) is 3.43. The maximum absolute atomic E-state index is 13.7. The Bertz CT molecular complexity index is 1540. The van der Waals surface area contributed by atoms with Crippen LogP contribution in [0.3, 0.4) is 0 Å². The summed E-state index contributed by atoms with van der Waals surface area (Å²) in [5, 5.41) is 8.05. The molecular formula is C28H30F3N7O2. The van der Waals surface area contributed by atoms with E-state index >= 15 is 0 Å². The van der Waals surface area contributed by atoms with E-state index < -0.39 is 17.6 Å². The zero-order valence-corrected chi connectivity index (χ0v) is 22.5. The van der Waals surface area contributed by atoms with Crippen LogP contribution in [0.2, 0.25) is 0 Å². The Labute approximate surface area is 229 Å². The summed E-state index contributed by atoms with van der Waals surface area (Å²) < 4.78 is 48.1. The van der Waals surface area contributed by atoms with Gasteiger partial charge in [0, 0.05) is 48.5 Å². The molecule has 2 aromatic carbocycles. The number of rotatable bonds is 8. The monoisotopic (exact) mass is 553 g/mol. The second kappa shape index (κ2) is 11.2. The van der Waals surface area contributed by atoms with E-state index in [1.165, 1.54) is 23.5 Å². The molecule has 0 atom stereocenters. The van der Waals surface area contributed by atoms with Gasteiger partial charge in [-0.1, -0.05) is 6.07 Å². The second-order valence-electron chi connectivity index (χ2n) is 9.42. The van der Waals surface area contributed by atoms with Gasteiger partial charge in [-0.3, -0.25) is 14.5 Å². The molecule has 0 aliphatic heterocycles. The van der Waals surface area contributed by atoms with Gasteiger partial charge in [0.05, 0.1) is 36.0 Å². The van der Waals surface area contributed by atoms with Crippen molar-refractivity contribution in [2.45, 2.75) is 26.6 Å². The molecule has 5 N–H and O–H groups in total. The van der Waals surface area contributed by atoms with Crippen LogP contribution >= 0.6 is 0 Å². The van der Waals surface area contributed by atoms with Crippen LogP contribution in [0.1, 0.15) is 38.5 Å². The van der Waals surface area contributed by atoms with Crippen LogP contribution in [0.4, 0.5) is 30.2 Å². The molecule has 0 aliphatic rings. The predicted octanol–water partition coefficient (Wildman–Crippen LogP) is 5.17. The smallest absolute Gasteiger partial charge is 0.416 e. The molecule has 0 fully saturated rings. The molecular weight excluding hydrogens is 523 g/mol. The van der Waals surface area contributed by atoms with E-state index in [-0.39, 0.29) is 23.5 Å². The van der Waals surface area contributed by atoms with Crippen LogP contribution in [0.25, 0.3) is 5.70 Å². The number of carbonyl (C=O) groups excluding carboxylic acids is 1. The molecule has 9 nitrogen and oxygen atoms in total. The number of hydrazine groups is 1. The van der Waals surface area contributed by atoms with Gasteiger partial charge in [0.15, 0.2) is 0 Å². The SMILES string of the molecule is Cc1ccc(C(=O)Nc2cc(N(C)Cc3ccco3)cc(C(F)(F)F)c2)cc1N(N)/C=C(\N)c1cnn(C)c1C. The van der Waals surface area contributed by atoms with Crippen molar-refractivity contribution in [3.8, 4) is 0 Å². The third-order valence-corrected chi connectivity index (χ3v) is 6.49. The fourth-order valence-electron chi connectivity index (χ4n) is 4.10. The zero-order chi connectivity index (χ0) is 29.2. The van der Waals surface area contributed by atoms with Crippen molar-refractivity contribution in [1.29, 1.82) is 0 Å². The van der Waals surface area contributed by atoms with Gasteiger partial charge in [-0.15, -0.1) is 0 Å². The van der Waals surface area contributed by atoms with Crippen LogP contribution < -0.4 is 26.8 Å². The Morgan fingerprint density at radius 3 is 2.55 bits per heavy atom. The van der Waals surface area contributed by atoms with Crippen LogP contribution in [0.5, 0.6) is 0 Å². The van der Waals surface area contributed by atoms with Gasteiger partial charge in [0.1, 0.15) is 5.76 Å². The highest BCUT2D eigenvalue weighted by molar-refractivity contribution is 6.05. The van der Waals surface area contributed by atoms with E-state index in [1.54, 1.807) is 60.2 Å². The van der Waals surface area contributed by atoms with E-state index in [2.05, 4.69) is 10.4 Å². The van der Waals surface area contributed by atoms with Crippen LogP contribution in [-0.4, -0.2) is 22.7 Å². The van der Waals surface area contributed by atoms with Crippen LogP contribution in [0.15, 0.2) is 71.6 Å². The fraction of sp³-hybridized carbons (Fsp3) is 0.214. The summed E-state index contributed by atoms with van der Waals surface area (Å²) >= 11 is 0. The Kier molecular flexibility index (Phi) is 7.91. The highest BCUT2D eigenvalue weighted by Gasteiger charge is 2.32. The predicted molar refractivity (Wildman–Crippen MR) is 148 cm³/mol. The molecule has 2 heterocycles. The minimum atomic E-state index is -4.61. The molecule has 0 saturated carbocycles. The van der Waals surface area contributed by atoms with Gasteiger partial charge in [0.2, 0.25) is 0 Å². The molecule has 4 aromatic rings. The number of hydrogen-bond acceptors (Lipinski definition) is 7. The number of benzene rings is 2. The third kappa shape index (κ3) is 6.29. The number of nitrogens with one attached hydrogen (secondary N) is 1. The van der Waals surface area contributed by atoms with E-state index in [0.29, 0.717) is 22.7 Å². The second-order valence-corrected chi connectivity index (χ2v) is 9.42. The van der Waals surface area contributed by atoms with Crippen LogP contribution in [0, 0.1) is 13.8 Å². The number of aryl methyl sites for hydroxylation is 2. The molecule has 0 saturated heterocycles. The van der Waals surface area contributed by atoms with E-state index in [1.807, 2.05) is 13.8 Å². The average Bonchev–Trinajstić information content (AvgIpc) is 3.52. The van der Waals surface area contributed by atoms with Crippen molar-refractivity contribution in [1.82, 2.24) is 9.78 Å². The van der Waals surface area contributed by atoms with E-state index in [4.69, 9.17) is 16.0 Å². The first-order chi connectivity index (χ1) is 18.8. The topological polar surface area (TPSA) is 119 Å². The number of alkyl halides is 3. The Balaban J connectivity index is 1.60. The molecule has 2 aromatic heterocycles. The molecule has 4 rings (SSSR count). The Morgan fingerprint density at radius 2 is 1.93 bits per heavy atom. The van der Waals surface area contributed by atoms with Crippen molar-refractivity contribution >= 4 is 28.7 Å².